The molecule has 0 spiro atoms. The summed E-state index contributed by atoms with van der Waals surface area (Å²) in [5.41, 5.74) is 0.240. The van der Waals surface area contributed by atoms with Gasteiger partial charge in [-0.2, -0.15) is 30.4 Å². The predicted molar refractivity (Wildman–Crippen MR) is 43.5 cm³/mol. The number of nitrogens with one attached hydrogen (secondary N) is 1. The molecule has 2 aromatic rings. The van der Waals surface area contributed by atoms with Gasteiger partial charge < -0.3 is 4.98 Å². The molecule has 2 aromatic heterocycles. The zero-order valence-electron chi connectivity index (χ0n) is 7.78. The number of aromatic amines is 1. The Morgan fingerprint density at radius 1 is 1.31 bits per heavy atom. The van der Waals surface area contributed by atoms with Gasteiger partial charge in [-0.25, -0.2) is 4.98 Å². The number of hydrogen-bond donors (Lipinski definition) is 1. The van der Waals surface area contributed by atoms with Crippen molar-refractivity contribution >= 4 is 0 Å². The van der Waals surface area contributed by atoms with E-state index in [1.165, 1.54) is 18.3 Å². The number of H-pyrrole nitrogens is 1. The number of pyridine rings is 1. The molecule has 0 fully saturated rings. The molecule has 8 heteroatoms. The minimum Gasteiger partial charge on any atom is -0.380 e. The van der Waals surface area contributed by atoms with Gasteiger partial charge in [0.1, 0.15) is 5.82 Å². The van der Waals surface area contributed by atoms with Crippen LogP contribution in [0.4, 0.5) is 13.2 Å². The fourth-order valence-corrected chi connectivity index (χ4v) is 0.950. The number of hydrogen-bond acceptors (Lipinski definition) is 3. The van der Waals surface area contributed by atoms with Gasteiger partial charge in [0.15, 0.2) is 0 Å². The average Bonchev–Trinajstić information content (AvgIpc) is 2.67. The van der Waals surface area contributed by atoms with E-state index in [4.69, 9.17) is 0 Å². The maximum absolute atomic E-state index is 12.2. The fraction of sp³-hybridized carbons (Fsp3) is 0.125. The van der Waals surface area contributed by atoms with Crippen molar-refractivity contribution in [3.8, 4) is 11.5 Å². The molecule has 4 nitrogen and oxygen atoms in total. The molecule has 0 bridgehead atoms. The predicted octanol–water partition coefficient (Wildman–Crippen LogP) is 1.68. The van der Waals surface area contributed by atoms with Crippen LogP contribution >= 0.6 is 0 Å². The van der Waals surface area contributed by atoms with E-state index in [1.54, 1.807) is 5.10 Å². The van der Waals surface area contributed by atoms with E-state index in [0.717, 1.165) is 0 Å². The van der Waals surface area contributed by atoms with Gasteiger partial charge in [0.2, 0.25) is 5.82 Å². The molecule has 0 atom stereocenters. The van der Waals surface area contributed by atoms with Gasteiger partial charge in [-0.05, 0) is 5.69 Å². The Hall–Kier alpha value is -0.816. The quantitative estimate of drug-likeness (QED) is 0.816. The van der Waals surface area contributed by atoms with E-state index in [1.807, 2.05) is 0 Å². The smallest absolute Gasteiger partial charge is 0.380 e. The standard InChI is InChI=1S/C8H4F3N4.Y/c9-8(10,11)7-13-6(14-15-7)5-3-1-2-4-12-5;/h2-4H,(H,13,14,15);/q-1;. The van der Waals surface area contributed by atoms with Crippen LogP contribution in [0.5, 0.6) is 0 Å². The zero-order chi connectivity index (χ0) is 10.9. The van der Waals surface area contributed by atoms with Crippen molar-refractivity contribution in [2.45, 2.75) is 6.18 Å². The molecule has 16 heavy (non-hydrogen) atoms. The Balaban J connectivity index is 0.00000128. The van der Waals surface area contributed by atoms with Crippen molar-refractivity contribution in [2.75, 3.05) is 0 Å². The van der Waals surface area contributed by atoms with E-state index in [2.05, 4.69) is 21.1 Å². The second-order valence-electron chi connectivity index (χ2n) is 2.65. The molecular formula is C8H4F3N4Y-. The number of halogens is 3. The van der Waals surface area contributed by atoms with E-state index in [-0.39, 0.29) is 44.2 Å². The Labute approximate surface area is 114 Å². The molecule has 1 radical (unpaired) electrons. The van der Waals surface area contributed by atoms with Crippen molar-refractivity contribution in [3.63, 3.8) is 0 Å². The molecule has 0 aliphatic rings. The van der Waals surface area contributed by atoms with Crippen LogP contribution in [0, 0.1) is 6.07 Å². The van der Waals surface area contributed by atoms with Gasteiger partial charge in [-0.15, -0.1) is 6.07 Å². The first-order valence-electron chi connectivity index (χ1n) is 3.89. The van der Waals surface area contributed by atoms with Crippen LogP contribution in [0.3, 0.4) is 0 Å². The van der Waals surface area contributed by atoms with E-state index in [9.17, 15) is 13.2 Å². The van der Waals surface area contributed by atoms with Crippen molar-refractivity contribution in [1.82, 2.24) is 20.2 Å². The molecule has 1 N–H and O–H groups in total. The molecule has 0 unspecified atom stereocenters. The van der Waals surface area contributed by atoms with Crippen LogP contribution in [0.1, 0.15) is 5.82 Å². The summed E-state index contributed by atoms with van der Waals surface area (Å²) >= 11 is 0. The molecule has 0 aliphatic heterocycles. The van der Waals surface area contributed by atoms with Crippen LogP contribution < -0.4 is 0 Å². The third-order valence-corrected chi connectivity index (χ3v) is 1.59. The average molecular weight is 302 g/mol. The third kappa shape index (κ3) is 2.85. The molecule has 0 aliphatic carbocycles. The summed E-state index contributed by atoms with van der Waals surface area (Å²) in [5, 5.41) is 5.22. The van der Waals surface area contributed by atoms with Crippen molar-refractivity contribution < 1.29 is 45.9 Å². The molecule has 0 aromatic carbocycles. The van der Waals surface area contributed by atoms with Crippen LogP contribution in [0.2, 0.25) is 0 Å². The summed E-state index contributed by atoms with van der Waals surface area (Å²) in [7, 11) is 0. The van der Waals surface area contributed by atoms with Crippen molar-refractivity contribution in [3.05, 3.63) is 30.2 Å². The monoisotopic (exact) mass is 302 g/mol. The Kier molecular flexibility index (Phi) is 4.15. The van der Waals surface area contributed by atoms with Gasteiger partial charge >= 0.3 is 6.18 Å². The number of aromatic nitrogens is 4. The number of alkyl halides is 3. The van der Waals surface area contributed by atoms with E-state index in [0.29, 0.717) is 0 Å². The minimum absolute atomic E-state index is 0. The molecule has 0 saturated heterocycles. The fourth-order valence-electron chi connectivity index (χ4n) is 0.950. The summed E-state index contributed by atoms with van der Waals surface area (Å²) in [4.78, 5) is 7.08. The van der Waals surface area contributed by atoms with Crippen LogP contribution in [-0.4, -0.2) is 20.2 Å². The third-order valence-electron chi connectivity index (χ3n) is 1.59. The molecule has 0 saturated carbocycles. The van der Waals surface area contributed by atoms with Crippen LogP contribution in [-0.2, 0) is 38.9 Å². The summed E-state index contributed by atoms with van der Waals surface area (Å²) in [6.45, 7) is 0. The number of nitrogens with zero attached hydrogens (tertiary/aromatic N) is 3. The zero-order valence-corrected chi connectivity index (χ0v) is 10.6. The Bertz CT molecular complexity index is 454. The normalized spacial score (nSPS) is 10.9. The van der Waals surface area contributed by atoms with Crippen LogP contribution in [0.15, 0.2) is 18.3 Å². The Morgan fingerprint density at radius 3 is 2.56 bits per heavy atom. The first-order chi connectivity index (χ1) is 7.07. The Morgan fingerprint density at radius 2 is 2.06 bits per heavy atom. The first kappa shape index (κ1) is 13.2. The molecule has 81 valence electrons. The van der Waals surface area contributed by atoms with Gasteiger partial charge in [0.05, 0.1) is 0 Å². The molecule has 2 heterocycles. The second kappa shape index (κ2) is 5.01. The van der Waals surface area contributed by atoms with E-state index >= 15 is 0 Å². The second-order valence-corrected chi connectivity index (χ2v) is 2.65. The number of rotatable bonds is 1. The molecule has 0 amide bonds. The maximum Gasteiger partial charge on any atom is 0.451 e. The summed E-state index contributed by atoms with van der Waals surface area (Å²) in [6.07, 6.45) is -3.12. The summed E-state index contributed by atoms with van der Waals surface area (Å²) < 4.78 is 36.5. The van der Waals surface area contributed by atoms with Gasteiger partial charge in [0, 0.05) is 32.7 Å². The summed E-state index contributed by atoms with van der Waals surface area (Å²) in [6, 6.07) is 5.60. The van der Waals surface area contributed by atoms with Crippen molar-refractivity contribution in [2.24, 2.45) is 0 Å². The molecular weight excluding hydrogens is 298 g/mol. The largest absolute Gasteiger partial charge is 0.451 e. The van der Waals surface area contributed by atoms with Gasteiger partial charge in [0.25, 0.3) is 0 Å². The topological polar surface area (TPSA) is 54.5 Å². The minimum atomic E-state index is -4.52. The van der Waals surface area contributed by atoms with Crippen LogP contribution in [0.25, 0.3) is 11.5 Å². The van der Waals surface area contributed by atoms with Gasteiger partial charge in [-0.3, -0.25) is 5.10 Å². The van der Waals surface area contributed by atoms with Crippen molar-refractivity contribution in [1.29, 1.82) is 0 Å². The molecule has 2 rings (SSSR count). The SMILES string of the molecule is FC(F)(F)c1nc(-c2c[c-]ccn2)n[nH]1.[Y]. The first-order valence-corrected chi connectivity index (χ1v) is 3.89. The summed E-state index contributed by atoms with van der Waals surface area (Å²) in [5.74, 6) is -1.23. The van der Waals surface area contributed by atoms with E-state index < -0.39 is 12.0 Å². The van der Waals surface area contributed by atoms with Gasteiger partial charge in [-0.1, -0.05) is 6.20 Å². The maximum atomic E-state index is 12.2.